The van der Waals surface area contributed by atoms with E-state index in [2.05, 4.69) is 15.5 Å². The van der Waals surface area contributed by atoms with E-state index in [0.717, 1.165) is 16.8 Å². The maximum absolute atomic E-state index is 12.5. The van der Waals surface area contributed by atoms with Crippen LogP contribution in [0, 0.1) is 6.92 Å². The molecule has 2 aromatic carbocycles. The Hall–Kier alpha value is -2.80. The molecule has 0 bridgehead atoms. The Labute approximate surface area is 155 Å². The summed E-state index contributed by atoms with van der Waals surface area (Å²) in [5.41, 5.74) is 2.49. The third-order valence-corrected chi connectivity index (χ3v) is 5.05. The first-order chi connectivity index (χ1) is 12.5. The molecule has 0 radical (unpaired) electrons. The number of rotatable bonds is 6. The van der Waals surface area contributed by atoms with Gasteiger partial charge in [-0.2, -0.15) is 0 Å². The first-order valence-corrected chi connectivity index (χ1v) is 9.15. The highest BCUT2D eigenvalue weighted by atomic mass is 32.2. The number of thioether (sulfide) groups is 1. The summed E-state index contributed by atoms with van der Waals surface area (Å²) in [5.74, 6) is -0.133. The zero-order valence-electron chi connectivity index (χ0n) is 14.6. The number of para-hydroxylation sites is 1. The Balaban J connectivity index is 1.71. The van der Waals surface area contributed by atoms with E-state index < -0.39 is 5.25 Å². The third-order valence-electron chi connectivity index (χ3n) is 3.96. The van der Waals surface area contributed by atoms with Crippen molar-refractivity contribution < 1.29 is 4.79 Å². The summed E-state index contributed by atoms with van der Waals surface area (Å²) in [7, 11) is 0. The molecular formula is C19H20N4O2S. The van der Waals surface area contributed by atoms with Crippen LogP contribution in [0.1, 0.15) is 18.1 Å². The van der Waals surface area contributed by atoms with E-state index in [0.29, 0.717) is 11.7 Å². The van der Waals surface area contributed by atoms with Crippen molar-refractivity contribution in [2.24, 2.45) is 0 Å². The molecule has 0 aliphatic rings. The number of nitrogens with zero attached hydrogens (tertiary/aromatic N) is 2. The van der Waals surface area contributed by atoms with Crippen molar-refractivity contribution in [1.82, 2.24) is 14.8 Å². The van der Waals surface area contributed by atoms with E-state index in [-0.39, 0.29) is 11.6 Å². The van der Waals surface area contributed by atoms with Gasteiger partial charge < -0.3 is 5.32 Å². The highest BCUT2D eigenvalue weighted by molar-refractivity contribution is 8.00. The number of carbonyl (C=O) groups is 1. The van der Waals surface area contributed by atoms with E-state index in [1.165, 1.54) is 16.3 Å². The van der Waals surface area contributed by atoms with Gasteiger partial charge in [-0.25, -0.2) is 9.89 Å². The molecule has 3 aromatic rings. The van der Waals surface area contributed by atoms with Gasteiger partial charge in [-0.3, -0.25) is 9.36 Å². The van der Waals surface area contributed by atoms with Crippen LogP contribution in [0.4, 0.5) is 5.69 Å². The molecule has 0 aliphatic heterocycles. The predicted molar refractivity (Wildman–Crippen MR) is 104 cm³/mol. The second-order valence-corrected chi connectivity index (χ2v) is 7.26. The number of hydrogen-bond acceptors (Lipinski definition) is 4. The van der Waals surface area contributed by atoms with Gasteiger partial charge in [-0.15, -0.1) is 5.10 Å². The minimum atomic E-state index is -0.403. The Morgan fingerprint density at radius 2 is 1.88 bits per heavy atom. The smallest absolute Gasteiger partial charge is 0.325 e. The Kier molecular flexibility index (Phi) is 5.58. The second kappa shape index (κ2) is 8.05. The fourth-order valence-corrected chi connectivity index (χ4v) is 3.31. The molecule has 0 saturated carbocycles. The summed E-state index contributed by atoms with van der Waals surface area (Å²) in [4.78, 5) is 24.6. The Morgan fingerprint density at radius 3 is 2.62 bits per heavy atom. The van der Waals surface area contributed by atoms with E-state index in [9.17, 15) is 9.59 Å². The normalized spacial score (nSPS) is 11.9. The minimum absolute atomic E-state index is 0.133. The molecule has 3 rings (SSSR count). The lowest BCUT2D eigenvalue weighted by molar-refractivity contribution is -0.115. The third kappa shape index (κ3) is 4.23. The molecule has 7 heteroatoms. The number of benzene rings is 2. The molecule has 0 fully saturated rings. The van der Waals surface area contributed by atoms with Crippen LogP contribution in [0.5, 0.6) is 0 Å². The first-order valence-electron chi connectivity index (χ1n) is 8.27. The SMILES string of the molecule is Cc1ccccc1NC(=O)[C@@H](C)Sc1n[nH]c(=O)n1Cc1ccccc1. The van der Waals surface area contributed by atoms with Crippen molar-refractivity contribution in [2.45, 2.75) is 30.8 Å². The highest BCUT2D eigenvalue weighted by Crippen LogP contribution is 2.22. The fraction of sp³-hybridized carbons (Fsp3) is 0.211. The molecular weight excluding hydrogens is 348 g/mol. The highest BCUT2D eigenvalue weighted by Gasteiger charge is 2.19. The van der Waals surface area contributed by atoms with Crippen molar-refractivity contribution in [3.63, 3.8) is 0 Å². The van der Waals surface area contributed by atoms with Gasteiger partial charge in [0.15, 0.2) is 5.16 Å². The molecule has 1 aromatic heterocycles. The van der Waals surface area contributed by atoms with Crippen LogP contribution < -0.4 is 11.0 Å². The molecule has 26 heavy (non-hydrogen) atoms. The summed E-state index contributed by atoms with van der Waals surface area (Å²) >= 11 is 1.25. The molecule has 0 aliphatic carbocycles. The van der Waals surface area contributed by atoms with Gasteiger partial charge in [-0.05, 0) is 31.0 Å². The summed E-state index contributed by atoms with van der Waals surface area (Å²) in [6.45, 7) is 4.15. The number of hydrogen-bond donors (Lipinski definition) is 2. The van der Waals surface area contributed by atoms with Gasteiger partial charge in [0.1, 0.15) is 0 Å². The van der Waals surface area contributed by atoms with Gasteiger partial charge >= 0.3 is 5.69 Å². The molecule has 0 saturated heterocycles. The quantitative estimate of drug-likeness (QED) is 0.656. The number of aryl methyl sites for hydroxylation is 1. The van der Waals surface area contributed by atoms with Gasteiger partial charge in [-0.1, -0.05) is 60.3 Å². The number of aromatic nitrogens is 3. The Morgan fingerprint density at radius 1 is 1.19 bits per heavy atom. The molecule has 134 valence electrons. The number of carbonyl (C=O) groups excluding carboxylic acids is 1. The lowest BCUT2D eigenvalue weighted by Crippen LogP contribution is -2.24. The summed E-state index contributed by atoms with van der Waals surface area (Å²) in [6, 6.07) is 17.3. The number of amides is 1. The summed E-state index contributed by atoms with van der Waals surface area (Å²) in [6.07, 6.45) is 0. The van der Waals surface area contributed by atoms with E-state index in [1.807, 2.05) is 61.5 Å². The minimum Gasteiger partial charge on any atom is -0.325 e. The molecule has 0 spiro atoms. The van der Waals surface area contributed by atoms with Crippen molar-refractivity contribution in [3.8, 4) is 0 Å². The average Bonchev–Trinajstić information content (AvgIpc) is 2.98. The van der Waals surface area contributed by atoms with Crippen LogP contribution in [-0.2, 0) is 11.3 Å². The lowest BCUT2D eigenvalue weighted by atomic mass is 10.2. The van der Waals surface area contributed by atoms with E-state index in [1.54, 1.807) is 6.92 Å². The predicted octanol–water partition coefficient (Wildman–Crippen LogP) is 3.05. The van der Waals surface area contributed by atoms with Crippen molar-refractivity contribution in [3.05, 3.63) is 76.2 Å². The van der Waals surface area contributed by atoms with Crippen LogP contribution in [0.2, 0.25) is 0 Å². The fourth-order valence-electron chi connectivity index (χ4n) is 2.46. The average molecular weight is 368 g/mol. The van der Waals surface area contributed by atoms with Crippen molar-refractivity contribution in [1.29, 1.82) is 0 Å². The largest absolute Gasteiger partial charge is 0.344 e. The van der Waals surface area contributed by atoms with Crippen LogP contribution in [-0.4, -0.2) is 25.9 Å². The van der Waals surface area contributed by atoms with Gasteiger partial charge in [0.2, 0.25) is 5.91 Å². The lowest BCUT2D eigenvalue weighted by Gasteiger charge is -2.13. The molecule has 2 N–H and O–H groups in total. The number of nitrogens with one attached hydrogen (secondary N) is 2. The van der Waals surface area contributed by atoms with Crippen LogP contribution in [0.15, 0.2) is 64.5 Å². The molecule has 1 atom stereocenters. The van der Waals surface area contributed by atoms with E-state index in [4.69, 9.17) is 0 Å². The zero-order chi connectivity index (χ0) is 18.5. The van der Waals surface area contributed by atoms with Crippen LogP contribution >= 0.6 is 11.8 Å². The Bertz CT molecular complexity index is 949. The molecule has 1 heterocycles. The maximum Gasteiger partial charge on any atom is 0.344 e. The number of anilines is 1. The molecule has 0 unspecified atom stereocenters. The number of H-pyrrole nitrogens is 1. The zero-order valence-corrected chi connectivity index (χ0v) is 15.4. The summed E-state index contributed by atoms with van der Waals surface area (Å²) in [5, 5.41) is 9.54. The van der Waals surface area contributed by atoms with Gasteiger partial charge in [0, 0.05) is 5.69 Å². The summed E-state index contributed by atoms with van der Waals surface area (Å²) < 4.78 is 1.54. The monoisotopic (exact) mass is 368 g/mol. The topological polar surface area (TPSA) is 79.8 Å². The number of aromatic amines is 1. The van der Waals surface area contributed by atoms with Gasteiger partial charge in [0.05, 0.1) is 11.8 Å². The van der Waals surface area contributed by atoms with Crippen LogP contribution in [0.25, 0.3) is 0 Å². The van der Waals surface area contributed by atoms with Crippen LogP contribution in [0.3, 0.4) is 0 Å². The van der Waals surface area contributed by atoms with Gasteiger partial charge in [0.25, 0.3) is 0 Å². The van der Waals surface area contributed by atoms with Crippen molar-refractivity contribution in [2.75, 3.05) is 5.32 Å². The maximum atomic E-state index is 12.5. The standard InChI is InChI=1S/C19H20N4O2S/c1-13-8-6-7-11-16(13)20-17(24)14(2)26-19-22-21-18(25)23(19)12-15-9-4-3-5-10-15/h3-11,14H,12H2,1-2H3,(H,20,24)(H,21,25)/t14-/m1/s1. The first kappa shape index (κ1) is 18.0. The molecule has 1 amide bonds. The molecule has 6 nitrogen and oxygen atoms in total. The van der Waals surface area contributed by atoms with E-state index >= 15 is 0 Å². The van der Waals surface area contributed by atoms with Crippen molar-refractivity contribution >= 4 is 23.4 Å². The second-order valence-electron chi connectivity index (χ2n) is 5.95.